The van der Waals surface area contributed by atoms with Gasteiger partial charge in [0.25, 0.3) is 0 Å². The first-order chi connectivity index (χ1) is 14.8. The van der Waals surface area contributed by atoms with Crippen LogP contribution >= 0.6 is 12.2 Å². The fourth-order valence-electron chi connectivity index (χ4n) is 3.82. The molecule has 30 heavy (non-hydrogen) atoms. The van der Waals surface area contributed by atoms with Gasteiger partial charge in [-0.3, -0.25) is 9.97 Å². The summed E-state index contributed by atoms with van der Waals surface area (Å²) in [6.07, 6.45) is 3.60. The van der Waals surface area contributed by atoms with Gasteiger partial charge in [-0.15, -0.1) is 0 Å². The Bertz CT molecular complexity index is 1130. The summed E-state index contributed by atoms with van der Waals surface area (Å²) in [5, 5.41) is 4.11. The largest absolute Gasteiger partial charge is 0.459 e. The zero-order valence-electron chi connectivity index (χ0n) is 16.2. The first-order valence-electron chi connectivity index (χ1n) is 9.83. The second-order valence-corrected chi connectivity index (χ2v) is 7.53. The quantitative estimate of drug-likeness (QED) is 0.470. The average Bonchev–Trinajstić information content (AvgIpc) is 3.41. The van der Waals surface area contributed by atoms with Crippen molar-refractivity contribution in [1.82, 2.24) is 20.2 Å². The van der Waals surface area contributed by atoms with E-state index >= 15 is 0 Å². The van der Waals surface area contributed by atoms with Gasteiger partial charge in [0.1, 0.15) is 17.6 Å². The molecule has 0 aliphatic carbocycles. The van der Waals surface area contributed by atoms with E-state index in [1.54, 1.807) is 12.4 Å². The predicted molar refractivity (Wildman–Crippen MR) is 119 cm³/mol. The van der Waals surface area contributed by atoms with Crippen LogP contribution in [0.4, 0.5) is 0 Å². The SMILES string of the molecule is S=C1N[C@@H](c2ccccn2)[C@H](c2ccc(-c3ccccc3)o2)N1Cc1ccccn1. The highest BCUT2D eigenvalue weighted by Gasteiger charge is 2.41. The van der Waals surface area contributed by atoms with E-state index in [0.717, 1.165) is 28.5 Å². The molecule has 1 aliphatic rings. The molecule has 1 N–H and O–H groups in total. The number of furan rings is 1. The normalized spacial score (nSPS) is 18.4. The maximum Gasteiger partial charge on any atom is 0.170 e. The van der Waals surface area contributed by atoms with Crippen molar-refractivity contribution < 1.29 is 4.42 Å². The smallest absolute Gasteiger partial charge is 0.170 e. The minimum atomic E-state index is -0.133. The molecule has 0 amide bonds. The van der Waals surface area contributed by atoms with Gasteiger partial charge in [-0.05, 0) is 48.6 Å². The molecule has 4 heterocycles. The molecule has 0 radical (unpaired) electrons. The lowest BCUT2D eigenvalue weighted by atomic mass is 10.0. The van der Waals surface area contributed by atoms with E-state index in [0.29, 0.717) is 11.7 Å². The van der Waals surface area contributed by atoms with Crippen LogP contribution in [0.2, 0.25) is 0 Å². The number of thiocarbonyl (C=S) groups is 1. The number of hydrogen-bond acceptors (Lipinski definition) is 4. The minimum Gasteiger partial charge on any atom is -0.459 e. The monoisotopic (exact) mass is 412 g/mol. The van der Waals surface area contributed by atoms with E-state index in [1.807, 2.05) is 78.9 Å². The van der Waals surface area contributed by atoms with E-state index in [9.17, 15) is 0 Å². The lowest BCUT2D eigenvalue weighted by Gasteiger charge is -2.25. The molecule has 2 atom stereocenters. The van der Waals surface area contributed by atoms with Gasteiger partial charge in [0.15, 0.2) is 5.11 Å². The van der Waals surface area contributed by atoms with Gasteiger partial charge in [-0.2, -0.15) is 0 Å². The van der Waals surface area contributed by atoms with Crippen LogP contribution in [0.15, 0.2) is 95.7 Å². The first kappa shape index (κ1) is 18.5. The third-order valence-electron chi connectivity index (χ3n) is 5.23. The first-order valence-corrected chi connectivity index (χ1v) is 10.2. The maximum absolute atomic E-state index is 6.33. The van der Waals surface area contributed by atoms with Crippen LogP contribution in [0.5, 0.6) is 0 Å². The number of nitrogens with zero attached hydrogens (tertiary/aromatic N) is 3. The number of nitrogens with one attached hydrogen (secondary N) is 1. The number of aromatic nitrogens is 2. The van der Waals surface area contributed by atoms with Crippen molar-refractivity contribution in [3.63, 3.8) is 0 Å². The van der Waals surface area contributed by atoms with E-state index in [2.05, 4.69) is 20.2 Å². The lowest BCUT2D eigenvalue weighted by Crippen LogP contribution is -2.29. The molecule has 0 saturated carbocycles. The highest BCUT2D eigenvalue weighted by Crippen LogP contribution is 2.41. The molecular weight excluding hydrogens is 392 g/mol. The molecule has 6 heteroatoms. The molecule has 3 aromatic heterocycles. The molecule has 0 bridgehead atoms. The molecule has 0 unspecified atom stereocenters. The maximum atomic E-state index is 6.33. The Morgan fingerprint density at radius 1 is 0.867 bits per heavy atom. The summed E-state index contributed by atoms with van der Waals surface area (Å²) in [6, 6.07) is 25.7. The second kappa shape index (κ2) is 8.08. The highest BCUT2D eigenvalue weighted by molar-refractivity contribution is 7.80. The van der Waals surface area contributed by atoms with Gasteiger partial charge in [0.05, 0.1) is 24.0 Å². The Hall–Kier alpha value is -3.51. The van der Waals surface area contributed by atoms with Crippen LogP contribution in [-0.4, -0.2) is 20.0 Å². The topological polar surface area (TPSA) is 54.2 Å². The minimum absolute atomic E-state index is 0.114. The fourth-order valence-corrected chi connectivity index (χ4v) is 4.13. The Kier molecular flexibility index (Phi) is 4.99. The van der Waals surface area contributed by atoms with Gasteiger partial charge < -0.3 is 14.6 Å². The van der Waals surface area contributed by atoms with E-state index in [-0.39, 0.29) is 12.1 Å². The molecule has 5 nitrogen and oxygen atoms in total. The molecule has 1 fully saturated rings. The van der Waals surface area contributed by atoms with E-state index in [4.69, 9.17) is 16.6 Å². The Morgan fingerprint density at radius 3 is 2.37 bits per heavy atom. The molecule has 1 saturated heterocycles. The van der Waals surface area contributed by atoms with Gasteiger partial charge in [-0.1, -0.05) is 42.5 Å². The second-order valence-electron chi connectivity index (χ2n) is 7.14. The van der Waals surface area contributed by atoms with Crippen LogP contribution in [-0.2, 0) is 6.54 Å². The van der Waals surface area contributed by atoms with Gasteiger partial charge in [-0.25, -0.2) is 0 Å². The van der Waals surface area contributed by atoms with Crippen LogP contribution in [0, 0.1) is 0 Å². The summed E-state index contributed by atoms with van der Waals surface area (Å²) in [4.78, 5) is 11.2. The molecular formula is C24H20N4OS. The van der Waals surface area contributed by atoms with Crippen LogP contribution in [0.1, 0.15) is 29.2 Å². The molecule has 1 aromatic carbocycles. The van der Waals surface area contributed by atoms with Crippen LogP contribution in [0.25, 0.3) is 11.3 Å². The summed E-state index contributed by atoms with van der Waals surface area (Å²) < 4.78 is 6.33. The summed E-state index contributed by atoms with van der Waals surface area (Å²) in [5.74, 6) is 1.67. The lowest BCUT2D eigenvalue weighted by molar-refractivity contribution is 0.267. The van der Waals surface area contributed by atoms with Crippen molar-refractivity contribution in [2.45, 2.75) is 18.6 Å². The van der Waals surface area contributed by atoms with Crippen molar-refractivity contribution in [3.8, 4) is 11.3 Å². The average molecular weight is 413 g/mol. The number of hydrogen-bond donors (Lipinski definition) is 1. The van der Waals surface area contributed by atoms with E-state index in [1.165, 1.54) is 0 Å². The Morgan fingerprint density at radius 2 is 1.63 bits per heavy atom. The van der Waals surface area contributed by atoms with Crippen molar-refractivity contribution in [3.05, 3.63) is 108 Å². The fraction of sp³-hybridized carbons (Fsp3) is 0.125. The van der Waals surface area contributed by atoms with Crippen molar-refractivity contribution in [1.29, 1.82) is 0 Å². The van der Waals surface area contributed by atoms with Gasteiger partial charge >= 0.3 is 0 Å². The van der Waals surface area contributed by atoms with Crippen molar-refractivity contribution in [2.24, 2.45) is 0 Å². The number of rotatable bonds is 5. The summed E-state index contributed by atoms with van der Waals surface area (Å²) in [6.45, 7) is 0.585. The molecule has 0 spiro atoms. The van der Waals surface area contributed by atoms with Crippen LogP contribution in [0.3, 0.4) is 0 Å². The third-order valence-corrected chi connectivity index (χ3v) is 5.59. The number of benzene rings is 1. The predicted octanol–water partition coefficient (Wildman–Crippen LogP) is 4.91. The zero-order valence-corrected chi connectivity index (χ0v) is 17.0. The zero-order chi connectivity index (χ0) is 20.3. The molecule has 4 aromatic rings. The van der Waals surface area contributed by atoms with Gasteiger partial charge in [0.2, 0.25) is 0 Å². The standard InChI is InChI=1S/C24H20N4OS/c30-24-27-22(19-11-5-7-15-26-19)23(28(24)16-18-10-4-6-14-25-18)21-13-12-20(29-21)17-8-2-1-3-9-17/h1-15,22-23H,16H2,(H,27,30)/t22-,23-/m0/s1. The summed E-state index contributed by atoms with van der Waals surface area (Å²) >= 11 is 5.71. The van der Waals surface area contributed by atoms with Crippen molar-refractivity contribution >= 4 is 17.3 Å². The van der Waals surface area contributed by atoms with Gasteiger partial charge in [0, 0.05) is 18.0 Å². The highest BCUT2D eigenvalue weighted by atomic mass is 32.1. The molecule has 1 aliphatic heterocycles. The molecule has 148 valence electrons. The Labute approximate surface area is 180 Å². The van der Waals surface area contributed by atoms with E-state index < -0.39 is 0 Å². The summed E-state index contributed by atoms with van der Waals surface area (Å²) in [7, 11) is 0. The third kappa shape index (κ3) is 3.57. The van der Waals surface area contributed by atoms with Crippen molar-refractivity contribution in [2.75, 3.05) is 0 Å². The number of pyridine rings is 2. The summed E-state index contributed by atoms with van der Waals surface area (Å²) in [5.41, 5.74) is 2.91. The molecule has 5 rings (SSSR count). The Balaban J connectivity index is 1.54. The van der Waals surface area contributed by atoms with Crippen LogP contribution < -0.4 is 5.32 Å².